The first-order valence-corrected chi connectivity index (χ1v) is 10.00. The number of esters is 1. The molecular weight excluding hydrogens is 390 g/mol. The zero-order valence-corrected chi connectivity index (χ0v) is 17.7. The van der Waals surface area contributed by atoms with Crippen molar-refractivity contribution >= 4 is 28.6 Å². The number of imidazole rings is 1. The molecule has 31 heavy (non-hydrogen) atoms. The van der Waals surface area contributed by atoms with Crippen molar-refractivity contribution in [3.05, 3.63) is 82.9 Å². The van der Waals surface area contributed by atoms with Crippen LogP contribution in [0.15, 0.2) is 60.7 Å². The summed E-state index contributed by atoms with van der Waals surface area (Å²) in [6.07, 6.45) is 0. The van der Waals surface area contributed by atoms with Crippen LogP contribution in [0.4, 0.5) is 5.69 Å². The molecule has 0 radical (unpaired) electrons. The molecule has 1 heterocycles. The van der Waals surface area contributed by atoms with Crippen LogP contribution in [-0.4, -0.2) is 28.5 Å². The van der Waals surface area contributed by atoms with Crippen molar-refractivity contribution in [2.24, 2.45) is 0 Å². The van der Waals surface area contributed by atoms with E-state index in [1.54, 1.807) is 18.2 Å². The highest BCUT2D eigenvalue weighted by atomic mass is 16.5. The average Bonchev–Trinajstić information content (AvgIpc) is 3.18. The van der Waals surface area contributed by atoms with E-state index in [2.05, 4.69) is 15.3 Å². The summed E-state index contributed by atoms with van der Waals surface area (Å²) in [6, 6.07) is 18.9. The van der Waals surface area contributed by atoms with Crippen molar-refractivity contribution < 1.29 is 14.3 Å². The summed E-state index contributed by atoms with van der Waals surface area (Å²) in [7, 11) is 0. The molecule has 6 nitrogen and oxygen atoms in total. The zero-order valence-electron chi connectivity index (χ0n) is 17.7. The molecule has 4 aromatic rings. The van der Waals surface area contributed by atoms with Crippen LogP contribution in [0.2, 0.25) is 0 Å². The summed E-state index contributed by atoms with van der Waals surface area (Å²) in [5.74, 6) is -0.218. The Morgan fingerprint density at radius 3 is 2.45 bits per heavy atom. The van der Waals surface area contributed by atoms with Crippen LogP contribution < -0.4 is 5.32 Å². The Labute approximate surface area is 180 Å². The molecule has 0 fully saturated rings. The molecule has 156 valence electrons. The SMILES string of the molecule is Cc1ccc(-c2nc3ccc(C(=O)OCC(=O)Nc4cc(C)ccc4C)cc3[nH]2)cc1. The molecule has 3 aromatic carbocycles. The third-order valence-corrected chi connectivity index (χ3v) is 5.04. The van der Waals surface area contributed by atoms with Gasteiger partial charge in [-0.15, -0.1) is 0 Å². The third kappa shape index (κ3) is 4.64. The fourth-order valence-electron chi connectivity index (χ4n) is 3.26. The highest BCUT2D eigenvalue weighted by Crippen LogP contribution is 2.22. The largest absolute Gasteiger partial charge is 0.452 e. The summed E-state index contributed by atoms with van der Waals surface area (Å²) < 4.78 is 5.20. The first-order chi connectivity index (χ1) is 14.9. The quantitative estimate of drug-likeness (QED) is 0.454. The number of rotatable bonds is 5. The Balaban J connectivity index is 1.43. The lowest BCUT2D eigenvalue weighted by molar-refractivity contribution is -0.119. The van der Waals surface area contributed by atoms with Crippen LogP contribution in [0, 0.1) is 20.8 Å². The van der Waals surface area contributed by atoms with Gasteiger partial charge in [-0.05, 0) is 56.2 Å². The smallest absolute Gasteiger partial charge is 0.338 e. The molecule has 0 spiro atoms. The third-order valence-electron chi connectivity index (χ3n) is 5.04. The van der Waals surface area contributed by atoms with Crippen molar-refractivity contribution in [2.45, 2.75) is 20.8 Å². The number of H-pyrrole nitrogens is 1. The number of nitrogens with one attached hydrogen (secondary N) is 2. The highest BCUT2D eigenvalue weighted by molar-refractivity contribution is 5.97. The van der Waals surface area contributed by atoms with Gasteiger partial charge in [0.15, 0.2) is 6.61 Å². The fraction of sp³-hybridized carbons (Fsp3) is 0.160. The predicted octanol–water partition coefficient (Wildman–Crippen LogP) is 4.95. The van der Waals surface area contributed by atoms with E-state index in [0.29, 0.717) is 11.3 Å². The molecule has 6 heteroatoms. The second-order valence-corrected chi connectivity index (χ2v) is 7.63. The van der Waals surface area contributed by atoms with Gasteiger partial charge in [0.1, 0.15) is 5.82 Å². The van der Waals surface area contributed by atoms with Gasteiger partial charge in [0.05, 0.1) is 16.6 Å². The minimum atomic E-state index is -0.565. The number of carbonyl (C=O) groups is 2. The van der Waals surface area contributed by atoms with Gasteiger partial charge >= 0.3 is 5.97 Å². The maximum Gasteiger partial charge on any atom is 0.338 e. The molecular formula is C25H23N3O3. The fourth-order valence-corrected chi connectivity index (χ4v) is 3.26. The number of amides is 1. The normalized spacial score (nSPS) is 10.8. The second-order valence-electron chi connectivity index (χ2n) is 7.63. The van der Waals surface area contributed by atoms with Gasteiger partial charge in [-0.1, -0.05) is 42.0 Å². The van der Waals surface area contributed by atoms with Gasteiger partial charge < -0.3 is 15.0 Å². The lowest BCUT2D eigenvalue weighted by Crippen LogP contribution is -2.21. The molecule has 0 saturated heterocycles. The molecule has 0 atom stereocenters. The van der Waals surface area contributed by atoms with Crippen LogP contribution in [-0.2, 0) is 9.53 Å². The van der Waals surface area contributed by atoms with E-state index in [1.165, 1.54) is 5.56 Å². The van der Waals surface area contributed by atoms with Gasteiger partial charge in [0.2, 0.25) is 0 Å². The standard InChI is InChI=1S/C25H23N3O3/c1-15-5-8-18(9-6-15)24-27-20-11-10-19(13-22(20)28-24)25(30)31-14-23(29)26-21-12-16(2)4-7-17(21)3/h4-13H,14H2,1-3H3,(H,26,29)(H,27,28). The van der Waals surface area contributed by atoms with E-state index in [0.717, 1.165) is 33.5 Å². The predicted molar refractivity (Wildman–Crippen MR) is 121 cm³/mol. The monoisotopic (exact) mass is 413 g/mol. The number of aryl methyl sites for hydroxylation is 3. The van der Waals surface area contributed by atoms with Crippen LogP contribution >= 0.6 is 0 Å². The molecule has 2 N–H and O–H groups in total. The van der Waals surface area contributed by atoms with E-state index < -0.39 is 5.97 Å². The number of nitrogens with zero attached hydrogens (tertiary/aromatic N) is 1. The average molecular weight is 413 g/mol. The number of carbonyl (C=O) groups excluding carboxylic acids is 2. The number of fused-ring (bicyclic) bond motifs is 1. The Hall–Kier alpha value is -3.93. The topological polar surface area (TPSA) is 84.1 Å². The first kappa shape index (κ1) is 20.3. The van der Waals surface area contributed by atoms with Crippen molar-refractivity contribution in [2.75, 3.05) is 11.9 Å². The minimum Gasteiger partial charge on any atom is -0.452 e. The lowest BCUT2D eigenvalue weighted by atomic mass is 10.1. The van der Waals surface area contributed by atoms with Gasteiger partial charge in [-0.2, -0.15) is 0 Å². The maximum atomic E-state index is 12.4. The molecule has 1 aromatic heterocycles. The summed E-state index contributed by atoms with van der Waals surface area (Å²) in [5.41, 5.74) is 6.66. The number of aromatic amines is 1. The minimum absolute atomic E-state index is 0.353. The van der Waals surface area contributed by atoms with Gasteiger partial charge in [0, 0.05) is 11.3 Å². The number of anilines is 1. The summed E-state index contributed by atoms with van der Waals surface area (Å²) in [6.45, 7) is 5.53. The maximum absolute atomic E-state index is 12.4. The Morgan fingerprint density at radius 2 is 1.68 bits per heavy atom. The van der Waals surface area contributed by atoms with Crippen molar-refractivity contribution in [3.8, 4) is 11.4 Å². The van der Waals surface area contributed by atoms with Crippen molar-refractivity contribution in [3.63, 3.8) is 0 Å². The van der Waals surface area contributed by atoms with E-state index in [1.807, 2.05) is 63.2 Å². The molecule has 0 bridgehead atoms. The highest BCUT2D eigenvalue weighted by Gasteiger charge is 2.13. The molecule has 0 aliphatic carbocycles. The van der Waals surface area contributed by atoms with Crippen LogP contribution in [0.5, 0.6) is 0 Å². The van der Waals surface area contributed by atoms with E-state index >= 15 is 0 Å². The van der Waals surface area contributed by atoms with Crippen molar-refractivity contribution in [1.82, 2.24) is 9.97 Å². The Bertz CT molecular complexity index is 1270. The molecule has 0 unspecified atom stereocenters. The number of ether oxygens (including phenoxy) is 1. The van der Waals surface area contributed by atoms with Gasteiger partial charge in [0.25, 0.3) is 5.91 Å². The number of benzene rings is 3. The first-order valence-electron chi connectivity index (χ1n) is 10.00. The summed E-state index contributed by atoms with van der Waals surface area (Å²) >= 11 is 0. The second kappa shape index (κ2) is 8.44. The van der Waals surface area contributed by atoms with E-state index in [-0.39, 0.29) is 12.5 Å². The number of aromatic nitrogens is 2. The van der Waals surface area contributed by atoms with E-state index in [4.69, 9.17) is 4.74 Å². The van der Waals surface area contributed by atoms with Crippen molar-refractivity contribution in [1.29, 1.82) is 0 Å². The zero-order chi connectivity index (χ0) is 22.0. The Morgan fingerprint density at radius 1 is 0.935 bits per heavy atom. The molecule has 1 amide bonds. The molecule has 0 saturated carbocycles. The molecule has 0 aliphatic rings. The summed E-state index contributed by atoms with van der Waals surface area (Å²) in [4.78, 5) is 32.5. The van der Waals surface area contributed by atoms with Crippen LogP contribution in [0.25, 0.3) is 22.4 Å². The number of hydrogen-bond donors (Lipinski definition) is 2. The number of hydrogen-bond acceptors (Lipinski definition) is 4. The van der Waals surface area contributed by atoms with Gasteiger partial charge in [-0.3, -0.25) is 4.79 Å². The summed E-state index contributed by atoms with van der Waals surface area (Å²) in [5, 5.41) is 2.78. The van der Waals surface area contributed by atoms with Gasteiger partial charge in [-0.25, -0.2) is 9.78 Å². The van der Waals surface area contributed by atoms with E-state index in [9.17, 15) is 9.59 Å². The Kier molecular flexibility index (Phi) is 5.54. The van der Waals surface area contributed by atoms with Crippen LogP contribution in [0.3, 0.4) is 0 Å². The molecule has 4 rings (SSSR count). The van der Waals surface area contributed by atoms with Crippen LogP contribution in [0.1, 0.15) is 27.0 Å². The molecule has 0 aliphatic heterocycles. The lowest BCUT2D eigenvalue weighted by Gasteiger charge is -2.10.